The third-order valence-corrected chi connectivity index (χ3v) is 2.43. The average Bonchev–Trinajstić information content (AvgIpc) is 2.34. The van der Waals surface area contributed by atoms with E-state index >= 15 is 0 Å². The van der Waals surface area contributed by atoms with E-state index in [1.165, 1.54) is 17.1 Å². The predicted octanol–water partition coefficient (Wildman–Crippen LogP) is 0.585. The van der Waals surface area contributed by atoms with Gasteiger partial charge in [0.05, 0.1) is 0 Å². The monoisotopic (exact) mass is 175 g/mol. The maximum Gasteiger partial charge on any atom is 0.329 e. The predicted molar refractivity (Wildman–Crippen MR) is 45.0 cm³/mol. The van der Waals surface area contributed by atoms with Crippen molar-refractivity contribution < 1.29 is 9.90 Å². The Morgan fingerprint density at radius 2 is 2.70 bits per heavy atom. The van der Waals surface area contributed by atoms with Crippen molar-refractivity contribution in [3.63, 3.8) is 0 Å². The van der Waals surface area contributed by atoms with Crippen LogP contribution in [-0.2, 0) is 4.79 Å². The second-order valence-electron chi connectivity index (χ2n) is 1.75. The summed E-state index contributed by atoms with van der Waals surface area (Å²) in [6, 6.07) is -0.584. The quantitative estimate of drug-likeness (QED) is 0.624. The van der Waals surface area contributed by atoms with Crippen LogP contribution in [0.4, 0.5) is 0 Å². The number of hydrogen-bond donors (Lipinski definition) is 1. The molecule has 0 aromatic carbocycles. The van der Waals surface area contributed by atoms with Crippen molar-refractivity contribution in [3.8, 4) is 0 Å². The molecule has 10 heavy (non-hydrogen) atoms. The number of thiocarbonyl (C=S) groups is 1. The van der Waals surface area contributed by atoms with Crippen molar-refractivity contribution in [1.29, 1.82) is 0 Å². The van der Waals surface area contributed by atoms with Crippen LogP contribution in [0.2, 0.25) is 0 Å². The molecule has 1 N–H and O–H groups in total. The first-order chi connectivity index (χ1) is 4.74. The number of carboxylic acid groups (broad SMARTS) is 1. The van der Waals surface area contributed by atoms with Crippen LogP contribution >= 0.6 is 24.0 Å². The maximum atomic E-state index is 10.3. The molecule has 3 nitrogen and oxygen atoms in total. The van der Waals surface area contributed by atoms with Gasteiger partial charge in [-0.3, -0.25) is 4.99 Å². The molecular weight excluding hydrogens is 170 g/mol. The molecule has 1 aliphatic heterocycles. The third-order valence-electron chi connectivity index (χ3n) is 1.06. The molecule has 0 aromatic rings. The fourth-order valence-electron chi connectivity index (χ4n) is 0.583. The smallest absolute Gasteiger partial charge is 0.329 e. The molecule has 0 aliphatic carbocycles. The number of aliphatic carboxylic acids is 1. The number of rotatable bonds is 2. The Balaban J connectivity index is 2.63. The zero-order chi connectivity index (χ0) is 7.56. The van der Waals surface area contributed by atoms with Gasteiger partial charge >= 0.3 is 5.97 Å². The summed E-state index contributed by atoms with van der Waals surface area (Å²) in [6.07, 6.45) is 0. The van der Waals surface area contributed by atoms with E-state index in [0.29, 0.717) is 10.8 Å². The lowest BCUT2D eigenvalue weighted by Gasteiger charge is -1.93. The van der Waals surface area contributed by atoms with Crippen molar-refractivity contribution in [2.75, 3.05) is 5.75 Å². The summed E-state index contributed by atoms with van der Waals surface area (Å²) >= 11 is 5.97. The van der Waals surface area contributed by atoms with Crippen molar-refractivity contribution in [1.82, 2.24) is 0 Å². The second-order valence-corrected chi connectivity index (χ2v) is 3.03. The number of nitrogens with zero attached hydrogens (tertiary/aromatic N) is 1. The Labute approximate surface area is 67.5 Å². The molecule has 0 saturated carbocycles. The molecule has 0 bridgehead atoms. The summed E-state index contributed by atoms with van der Waals surface area (Å²) in [5, 5.41) is 10.5. The lowest BCUT2D eigenvalue weighted by Crippen LogP contribution is -2.17. The van der Waals surface area contributed by atoms with E-state index < -0.39 is 12.0 Å². The van der Waals surface area contributed by atoms with Gasteiger partial charge in [0, 0.05) is 11.1 Å². The lowest BCUT2D eigenvalue weighted by atomic mass is 10.4. The van der Waals surface area contributed by atoms with Crippen molar-refractivity contribution in [3.05, 3.63) is 0 Å². The van der Waals surface area contributed by atoms with Gasteiger partial charge in [0.1, 0.15) is 5.04 Å². The number of carboxylic acids is 1. The molecule has 0 amide bonds. The Kier molecular flexibility index (Phi) is 2.39. The van der Waals surface area contributed by atoms with Crippen LogP contribution in [0.15, 0.2) is 4.99 Å². The van der Waals surface area contributed by atoms with Gasteiger partial charge in [0.2, 0.25) is 0 Å². The molecule has 1 aliphatic rings. The Morgan fingerprint density at radius 1 is 2.00 bits per heavy atom. The van der Waals surface area contributed by atoms with Gasteiger partial charge in [-0.1, -0.05) is 12.2 Å². The van der Waals surface area contributed by atoms with Crippen LogP contribution in [-0.4, -0.2) is 33.3 Å². The molecule has 0 fully saturated rings. The van der Waals surface area contributed by atoms with E-state index in [9.17, 15) is 4.79 Å². The zero-order valence-electron chi connectivity index (χ0n) is 4.98. The van der Waals surface area contributed by atoms with Gasteiger partial charge in [-0.2, -0.15) is 0 Å². The minimum atomic E-state index is -0.876. The topological polar surface area (TPSA) is 49.7 Å². The number of hydrogen-bond acceptors (Lipinski definition) is 4. The van der Waals surface area contributed by atoms with E-state index in [0.717, 1.165) is 0 Å². The van der Waals surface area contributed by atoms with Crippen molar-refractivity contribution in [2.45, 2.75) is 6.04 Å². The molecule has 0 saturated heterocycles. The molecule has 0 radical (unpaired) electrons. The van der Waals surface area contributed by atoms with Crippen LogP contribution in [0, 0.1) is 0 Å². The standard InChI is InChI=1S/C5H5NO2S2/c7-5(8)3-2-10-4(1-9)6-3/h1,3H,2H2,(H,7,8). The highest BCUT2D eigenvalue weighted by Crippen LogP contribution is 2.16. The fraction of sp³-hybridized carbons (Fsp3) is 0.400. The van der Waals surface area contributed by atoms with E-state index in [-0.39, 0.29) is 0 Å². The average molecular weight is 175 g/mol. The summed E-state index contributed by atoms with van der Waals surface area (Å²) in [6.45, 7) is 0. The second kappa shape index (κ2) is 3.12. The highest BCUT2D eigenvalue weighted by molar-refractivity contribution is 8.17. The summed E-state index contributed by atoms with van der Waals surface area (Å²) < 4.78 is 0. The summed E-state index contributed by atoms with van der Waals surface area (Å²) in [4.78, 5) is 14.1. The Bertz CT molecular complexity index is 202. The Morgan fingerprint density at radius 3 is 3.00 bits per heavy atom. The largest absolute Gasteiger partial charge is 0.480 e. The van der Waals surface area contributed by atoms with E-state index in [2.05, 4.69) is 17.2 Å². The zero-order valence-corrected chi connectivity index (χ0v) is 6.61. The van der Waals surface area contributed by atoms with Crippen LogP contribution in [0.25, 0.3) is 0 Å². The van der Waals surface area contributed by atoms with E-state index in [1.807, 2.05) is 0 Å². The first-order valence-corrected chi connectivity index (χ1v) is 4.08. The van der Waals surface area contributed by atoms with Gasteiger partial charge in [-0.25, -0.2) is 4.79 Å². The summed E-state index contributed by atoms with van der Waals surface area (Å²) in [7, 11) is 0. The van der Waals surface area contributed by atoms with Crippen LogP contribution in [0.1, 0.15) is 0 Å². The Hall–Kier alpha value is -0.420. The third kappa shape index (κ3) is 1.54. The molecule has 1 rings (SSSR count). The van der Waals surface area contributed by atoms with Crippen molar-refractivity contribution >= 4 is 40.4 Å². The number of carbonyl (C=O) groups is 1. The molecule has 1 unspecified atom stereocenters. The van der Waals surface area contributed by atoms with Gasteiger partial charge in [0.15, 0.2) is 6.04 Å². The molecule has 0 spiro atoms. The fourth-order valence-corrected chi connectivity index (χ4v) is 1.66. The molecular formula is C5H5NO2S2. The lowest BCUT2D eigenvalue weighted by molar-refractivity contribution is -0.137. The van der Waals surface area contributed by atoms with Gasteiger partial charge in [0.25, 0.3) is 0 Å². The number of thioether (sulfide) groups is 1. The van der Waals surface area contributed by atoms with E-state index in [4.69, 9.17) is 5.11 Å². The van der Waals surface area contributed by atoms with Crippen LogP contribution in [0.5, 0.6) is 0 Å². The number of aliphatic imine (C=N–C) groups is 1. The summed E-state index contributed by atoms with van der Waals surface area (Å²) in [5.74, 6) is -0.364. The van der Waals surface area contributed by atoms with Crippen LogP contribution in [0.3, 0.4) is 0 Å². The van der Waals surface area contributed by atoms with Gasteiger partial charge in [-0.15, -0.1) is 11.8 Å². The SMILES string of the molecule is O=C(O)C1CSC(C=S)=N1. The van der Waals surface area contributed by atoms with Crippen molar-refractivity contribution in [2.24, 2.45) is 4.99 Å². The van der Waals surface area contributed by atoms with Gasteiger partial charge in [-0.05, 0) is 0 Å². The normalized spacial score (nSPS) is 24.0. The molecule has 54 valence electrons. The molecule has 0 aromatic heterocycles. The molecule has 1 heterocycles. The minimum Gasteiger partial charge on any atom is -0.480 e. The first kappa shape index (κ1) is 7.68. The first-order valence-electron chi connectivity index (χ1n) is 2.62. The highest BCUT2D eigenvalue weighted by atomic mass is 32.2. The van der Waals surface area contributed by atoms with E-state index in [1.54, 1.807) is 0 Å². The van der Waals surface area contributed by atoms with Gasteiger partial charge < -0.3 is 5.11 Å². The minimum absolute atomic E-state index is 0.512. The maximum absolute atomic E-state index is 10.3. The highest BCUT2D eigenvalue weighted by Gasteiger charge is 2.22. The summed E-state index contributed by atoms with van der Waals surface area (Å²) in [5.41, 5.74) is 0. The molecule has 5 heteroatoms. The van der Waals surface area contributed by atoms with Crippen LogP contribution < -0.4 is 0 Å². The molecule has 1 atom stereocenters.